The molecule has 0 aromatic carbocycles. The zero-order chi connectivity index (χ0) is 15.6. The fourth-order valence-electron chi connectivity index (χ4n) is 3.84. The maximum Gasteiger partial charge on any atom is 0.410 e. The van der Waals surface area contributed by atoms with Gasteiger partial charge in [0.05, 0.1) is 0 Å². The quantitative estimate of drug-likeness (QED) is 0.860. The molecule has 2 fully saturated rings. The van der Waals surface area contributed by atoms with Crippen molar-refractivity contribution in [3.8, 4) is 0 Å². The van der Waals surface area contributed by atoms with Crippen molar-refractivity contribution >= 4 is 6.09 Å². The van der Waals surface area contributed by atoms with E-state index >= 15 is 0 Å². The van der Waals surface area contributed by atoms with Crippen LogP contribution in [0.4, 0.5) is 4.79 Å². The Bertz CT molecular complexity index is 350. The number of nitrogens with one attached hydrogen (secondary N) is 1. The Labute approximate surface area is 129 Å². The molecule has 1 N–H and O–H groups in total. The van der Waals surface area contributed by atoms with Crippen LogP contribution in [0.25, 0.3) is 0 Å². The van der Waals surface area contributed by atoms with Crippen LogP contribution in [0.5, 0.6) is 0 Å². The van der Waals surface area contributed by atoms with Crippen molar-refractivity contribution in [1.29, 1.82) is 0 Å². The van der Waals surface area contributed by atoms with Crippen LogP contribution in [-0.4, -0.2) is 40.8 Å². The second kappa shape index (κ2) is 6.55. The first-order valence-electron chi connectivity index (χ1n) is 8.57. The van der Waals surface area contributed by atoms with Crippen molar-refractivity contribution in [2.45, 2.75) is 103 Å². The first-order valence-corrected chi connectivity index (χ1v) is 8.57. The van der Waals surface area contributed by atoms with E-state index in [4.69, 9.17) is 4.74 Å². The van der Waals surface area contributed by atoms with Gasteiger partial charge in [-0.1, -0.05) is 13.3 Å². The topological polar surface area (TPSA) is 41.6 Å². The van der Waals surface area contributed by atoms with E-state index in [9.17, 15) is 4.79 Å². The van der Waals surface area contributed by atoms with E-state index < -0.39 is 5.60 Å². The smallest absolute Gasteiger partial charge is 0.410 e. The van der Waals surface area contributed by atoms with E-state index in [1.165, 1.54) is 12.8 Å². The summed E-state index contributed by atoms with van der Waals surface area (Å²) in [4.78, 5) is 14.4. The van der Waals surface area contributed by atoms with E-state index in [1.54, 1.807) is 0 Å². The summed E-state index contributed by atoms with van der Waals surface area (Å²) in [5, 5.41) is 3.75. The molecule has 0 aromatic heterocycles. The second-order valence-corrected chi connectivity index (χ2v) is 7.80. The normalized spacial score (nSPS) is 30.3. The Morgan fingerprint density at radius 1 is 1.29 bits per heavy atom. The summed E-state index contributed by atoms with van der Waals surface area (Å²) < 4.78 is 5.58. The maximum atomic E-state index is 12.4. The minimum absolute atomic E-state index is 0.116. The van der Waals surface area contributed by atoms with Crippen LogP contribution in [0.1, 0.15) is 73.1 Å². The van der Waals surface area contributed by atoms with Crippen molar-refractivity contribution in [2.75, 3.05) is 0 Å². The largest absolute Gasteiger partial charge is 0.444 e. The molecule has 0 radical (unpaired) electrons. The summed E-state index contributed by atoms with van der Waals surface area (Å²) >= 11 is 0. The van der Waals surface area contributed by atoms with E-state index in [0.29, 0.717) is 24.2 Å². The number of nitrogens with zero attached hydrogens (tertiary/aromatic N) is 1. The minimum atomic E-state index is -0.402. The number of hydrogen-bond donors (Lipinski definition) is 1. The molecule has 21 heavy (non-hydrogen) atoms. The molecule has 2 aliphatic heterocycles. The van der Waals surface area contributed by atoms with Crippen LogP contribution >= 0.6 is 0 Å². The number of amides is 1. The molecule has 0 saturated carbocycles. The highest BCUT2D eigenvalue weighted by Crippen LogP contribution is 2.37. The van der Waals surface area contributed by atoms with Crippen LogP contribution in [0.15, 0.2) is 0 Å². The van der Waals surface area contributed by atoms with Crippen molar-refractivity contribution in [1.82, 2.24) is 10.2 Å². The predicted octanol–water partition coefficient (Wildman–Crippen LogP) is 3.70. The number of piperidine rings is 1. The number of rotatable bonds is 4. The Morgan fingerprint density at radius 2 is 1.86 bits per heavy atom. The summed E-state index contributed by atoms with van der Waals surface area (Å²) in [6, 6.07) is 1.87. The summed E-state index contributed by atoms with van der Waals surface area (Å²) in [5.74, 6) is 0. The third kappa shape index (κ3) is 4.35. The monoisotopic (exact) mass is 296 g/mol. The summed E-state index contributed by atoms with van der Waals surface area (Å²) in [7, 11) is 0. The Hall–Kier alpha value is -0.770. The number of carbonyl (C=O) groups is 1. The van der Waals surface area contributed by atoms with Crippen LogP contribution in [0.3, 0.4) is 0 Å². The van der Waals surface area contributed by atoms with E-state index in [-0.39, 0.29) is 6.09 Å². The molecule has 2 aliphatic rings. The molecular weight excluding hydrogens is 264 g/mol. The molecule has 0 aliphatic carbocycles. The highest BCUT2D eigenvalue weighted by atomic mass is 16.6. The first kappa shape index (κ1) is 16.6. The number of hydrogen-bond acceptors (Lipinski definition) is 3. The van der Waals surface area contributed by atoms with Gasteiger partial charge < -0.3 is 15.0 Å². The van der Waals surface area contributed by atoms with Gasteiger partial charge in [-0.25, -0.2) is 4.79 Å². The molecule has 4 heteroatoms. The predicted molar refractivity (Wildman–Crippen MR) is 85.4 cm³/mol. The van der Waals surface area contributed by atoms with Crippen LogP contribution in [0, 0.1) is 0 Å². The van der Waals surface area contributed by atoms with Crippen molar-refractivity contribution in [3.05, 3.63) is 0 Å². The molecular formula is C17H32N2O2. The highest BCUT2D eigenvalue weighted by Gasteiger charge is 2.44. The summed E-state index contributed by atoms with van der Waals surface area (Å²) in [5.41, 5.74) is -0.402. The van der Waals surface area contributed by atoms with E-state index in [2.05, 4.69) is 19.2 Å². The van der Waals surface area contributed by atoms with Gasteiger partial charge in [0, 0.05) is 24.2 Å². The van der Waals surface area contributed by atoms with Crippen molar-refractivity contribution in [2.24, 2.45) is 0 Å². The molecule has 1 amide bonds. The molecule has 3 atom stereocenters. The van der Waals surface area contributed by atoms with Gasteiger partial charge in [0.1, 0.15) is 5.60 Å². The lowest BCUT2D eigenvalue weighted by molar-refractivity contribution is 0.00433. The second-order valence-electron chi connectivity index (χ2n) is 7.80. The van der Waals surface area contributed by atoms with Gasteiger partial charge in [-0.05, 0) is 59.8 Å². The fourth-order valence-corrected chi connectivity index (χ4v) is 3.84. The average molecular weight is 296 g/mol. The van der Waals surface area contributed by atoms with Gasteiger partial charge in [0.15, 0.2) is 0 Å². The lowest BCUT2D eigenvalue weighted by atomic mass is 9.96. The summed E-state index contributed by atoms with van der Waals surface area (Å²) in [6.07, 6.45) is 6.73. The van der Waals surface area contributed by atoms with Crippen molar-refractivity contribution < 1.29 is 9.53 Å². The lowest BCUT2D eigenvalue weighted by Crippen LogP contribution is -2.53. The molecule has 0 aromatic rings. The first-order chi connectivity index (χ1) is 9.80. The molecule has 4 nitrogen and oxygen atoms in total. The van der Waals surface area contributed by atoms with Crippen LogP contribution in [-0.2, 0) is 4.74 Å². The molecule has 122 valence electrons. The minimum Gasteiger partial charge on any atom is -0.444 e. The average Bonchev–Trinajstić information content (AvgIpc) is 2.60. The summed E-state index contributed by atoms with van der Waals surface area (Å²) in [6.45, 7) is 10.3. The molecule has 2 saturated heterocycles. The molecule has 2 rings (SSSR count). The zero-order valence-electron chi connectivity index (χ0n) is 14.3. The maximum absolute atomic E-state index is 12.4. The van der Waals surface area contributed by atoms with E-state index in [0.717, 1.165) is 25.7 Å². The molecule has 0 spiro atoms. The highest BCUT2D eigenvalue weighted by molar-refractivity contribution is 5.69. The van der Waals surface area contributed by atoms with Crippen LogP contribution < -0.4 is 5.32 Å². The standard InChI is InChI=1S/C17H32N2O2/c1-6-7-12(2)18-13-10-14-8-9-15(11-13)19(14)16(20)21-17(3,4)5/h12-15,18H,6-11H2,1-5H3. The van der Waals surface area contributed by atoms with Gasteiger partial charge in [0.2, 0.25) is 0 Å². The molecule has 2 bridgehead atoms. The zero-order valence-corrected chi connectivity index (χ0v) is 14.3. The number of ether oxygens (including phenoxy) is 1. The van der Waals surface area contributed by atoms with Gasteiger partial charge in [-0.15, -0.1) is 0 Å². The van der Waals surface area contributed by atoms with Crippen molar-refractivity contribution in [3.63, 3.8) is 0 Å². The number of carbonyl (C=O) groups excluding carboxylic acids is 1. The molecule has 2 heterocycles. The van der Waals surface area contributed by atoms with E-state index in [1.807, 2.05) is 25.7 Å². The molecule has 3 unspecified atom stereocenters. The Morgan fingerprint density at radius 3 is 2.33 bits per heavy atom. The Balaban J connectivity index is 1.91. The SMILES string of the molecule is CCCC(C)NC1CC2CCC(C1)N2C(=O)OC(C)(C)C. The van der Waals surface area contributed by atoms with Crippen LogP contribution in [0.2, 0.25) is 0 Å². The lowest BCUT2D eigenvalue weighted by Gasteiger charge is -2.40. The Kier molecular flexibility index (Phi) is 5.18. The van der Waals surface area contributed by atoms with Gasteiger partial charge >= 0.3 is 6.09 Å². The van der Waals surface area contributed by atoms with Gasteiger partial charge in [0.25, 0.3) is 0 Å². The fraction of sp³-hybridized carbons (Fsp3) is 0.941. The third-order valence-electron chi connectivity index (χ3n) is 4.58. The van der Waals surface area contributed by atoms with Gasteiger partial charge in [-0.3, -0.25) is 0 Å². The third-order valence-corrected chi connectivity index (χ3v) is 4.58. The number of fused-ring (bicyclic) bond motifs is 2. The van der Waals surface area contributed by atoms with Gasteiger partial charge in [-0.2, -0.15) is 0 Å².